The zero-order valence-corrected chi connectivity index (χ0v) is 35.9. The molecule has 0 aliphatic carbocycles. The van der Waals surface area contributed by atoms with Crippen molar-refractivity contribution in [1.29, 1.82) is 0 Å². The summed E-state index contributed by atoms with van der Waals surface area (Å²) in [4.78, 5) is 72.8. The van der Waals surface area contributed by atoms with Crippen LogP contribution in [-0.4, -0.2) is 86.8 Å². The number of rotatable bonds is 20. The number of hydrogen-bond acceptors (Lipinski definition) is 13. The summed E-state index contributed by atoms with van der Waals surface area (Å²) in [6.45, 7) is 2.20. The fourth-order valence-electron chi connectivity index (χ4n) is 7.79. The molecule has 0 radical (unpaired) electrons. The first-order chi connectivity index (χ1) is 31.7. The van der Waals surface area contributed by atoms with E-state index >= 15 is 0 Å². The molecular weight excluding hydrogens is 831 g/mol. The van der Waals surface area contributed by atoms with Crippen LogP contribution in [0.1, 0.15) is 88.3 Å². The number of fused-ring (bicyclic) bond motifs is 1. The van der Waals surface area contributed by atoms with Crippen LogP contribution in [0.25, 0.3) is 11.5 Å². The number of nitrogens with one attached hydrogen (secondary N) is 4. The predicted octanol–water partition coefficient (Wildman–Crippen LogP) is 4.38. The van der Waals surface area contributed by atoms with Crippen LogP contribution in [0, 0.1) is 0 Å². The number of carbonyl (C=O) groups is 5. The molecule has 1 fully saturated rings. The van der Waals surface area contributed by atoms with E-state index in [2.05, 4.69) is 51.7 Å². The highest BCUT2D eigenvalue weighted by atomic mass is 16.5. The van der Waals surface area contributed by atoms with E-state index in [1.54, 1.807) is 42.6 Å². The van der Waals surface area contributed by atoms with Gasteiger partial charge >= 0.3 is 0 Å². The molecule has 8 rings (SSSR count). The fraction of sp³-hybridized carbons (Fsp3) is 0.326. The number of imide groups is 1. The first-order valence-corrected chi connectivity index (χ1v) is 21.6. The van der Waals surface area contributed by atoms with E-state index in [4.69, 9.17) is 4.74 Å². The lowest BCUT2D eigenvalue weighted by Crippen LogP contribution is -2.52. The number of carbonyl (C=O) groups excluding carboxylic acids is 5. The summed E-state index contributed by atoms with van der Waals surface area (Å²) >= 11 is 0. The molecular formula is C46H49N13O6. The molecule has 3 aromatic heterocycles. The Balaban J connectivity index is 0.701. The fourth-order valence-corrected chi connectivity index (χ4v) is 7.79. The summed E-state index contributed by atoms with van der Waals surface area (Å²) in [6.07, 6.45) is 9.58. The van der Waals surface area contributed by atoms with Crippen molar-refractivity contribution >= 4 is 40.9 Å². The lowest BCUT2D eigenvalue weighted by atomic mass is 10.0. The van der Waals surface area contributed by atoms with E-state index in [-0.39, 0.29) is 49.4 Å². The van der Waals surface area contributed by atoms with Gasteiger partial charge in [-0.1, -0.05) is 29.5 Å². The van der Waals surface area contributed by atoms with Crippen molar-refractivity contribution in [2.75, 3.05) is 17.2 Å². The van der Waals surface area contributed by atoms with Gasteiger partial charge in [0, 0.05) is 80.0 Å². The number of aryl methyl sites for hydroxylation is 2. The molecule has 6 aromatic rings. The Hall–Kier alpha value is -7.83. The lowest BCUT2D eigenvalue weighted by molar-refractivity contribution is -0.137. The van der Waals surface area contributed by atoms with Crippen LogP contribution < -0.4 is 26.0 Å². The third-order valence-corrected chi connectivity index (χ3v) is 11.3. The summed E-state index contributed by atoms with van der Waals surface area (Å²) in [7, 11) is 1.88. The van der Waals surface area contributed by atoms with Crippen LogP contribution in [0.15, 0.2) is 91.5 Å². The largest absolute Gasteiger partial charge is 0.494 e. The van der Waals surface area contributed by atoms with Crippen LogP contribution in [0.2, 0.25) is 0 Å². The maximum Gasteiger partial charge on any atom is 0.255 e. The molecule has 5 amide bonds. The smallest absolute Gasteiger partial charge is 0.255 e. The van der Waals surface area contributed by atoms with Gasteiger partial charge in [-0.25, -0.2) is 9.97 Å². The van der Waals surface area contributed by atoms with Gasteiger partial charge in [0.1, 0.15) is 23.8 Å². The quantitative estimate of drug-likeness (QED) is 0.0617. The van der Waals surface area contributed by atoms with Gasteiger partial charge in [-0.2, -0.15) is 0 Å². The third-order valence-electron chi connectivity index (χ3n) is 11.3. The van der Waals surface area contributed by atoms with E-state index in [0.29, 0.717) is 78.8 Å². The maximum absolute atomic E-state index is 13.1. The van der Waals surface area contributed by atoms with E-state index < -0.39 is 11.9 Å². The normalized spacial score (nSPS) is 14.5. The number of unbranched alkanes of at least 4 members (excludes halogenated alkanes) is 2. The molecule has 2 aliphatic rings. The second-order valence-electron chi connectivity index (χ2n) is 15.9. The number of anilines is 2. The van der Waals surface area contributed by atoms with Gasteiger partial charge in [0.15, 0.2) is 11.6 Å². The van der Waals surface area contributed by atoms with E-state index in [9.17, 15) is 24.0 Å². The van der Waals surface area contributed by atoms with E-state index in [0.717, 1.165) is 42.0 Å². The number of piperidine rings is 1. The number of hydrogen-bond donors (Lipinski definition) is 4. The Labute approximate surface area is 374 Å². The molecule has 334 valence electrons. The topological polar surface area (TPSA) is 233 Å². The van der Waals surface area contributed by atoms with Crippen molar-refractivity contribution in [2.24, 2.45) is 7.05 Å². The summed E-state index contributed by atoms with van der Waals surface area (Å²) in [5.74, 6) is 0.611. The first-order valence-electron chi connectivity index (χ1n) is 21.6. The Morgan fingerprint density at radius 2 is 1.80 bits per heavy atom. The average molecular weight is 880 g/mol. The van der Waals surface area contributed by atoms with Crippen LogP contribution in [0.4, 0.5) is 11.4 Å². The molecule has 0 saturated carbocycles. The lowest BCUT2D eigenvalue weighted by Gasteiger charge is -2.29. The highest BCUT2D eigenvalue weighted by molar-refractivity contribution is 6.06. The summed E-state index contributed by atoms with van der Waals surface area (Å²) in [5.41, 5.74) is 5.37. The first kappa shape index (κ1) is 43.8. The van der Waals surface area contributed by atoms with Crippen LogP contribution in [-0.2, 0) is 54.0 Å². The highest BCUT2D eigenvalue weighted by Crippen LogP contribution is 2.32. The molecule has 65 heavy (non-hydrogen) atoms. The zero-order chi connectivity index (χ0) is 45.1. The van der Waals surface area contributed by atoms with Crippen molar-refractivity contribution in [3.8, 4) is 17.3 Å². The summed E-state index contributed by atoms with van der Waals surface area (Å²) in [6, 6.07) is 21.2. The Bertz CT molecular complexity index is 2680. The summed E-state index contributed by atoms with van der Waals surface area (Å²) < 4.78 is 9.71. The SMILES string of the molecule is Cn1c(CNc2cccc(C(=O)NCc3cccc(OCCCCCn4cc(CCCC(=O)Nc5cccc6c5CN(C5CCC(=O)NC5=O)C6=O)nn4)c3)c2)nnc1-c1ccncn1. The molecule has 4 N–H and O–H groups in total. The molecule has 19 heteroatoms. The number of aromatic nitrogens is 8. The molecule has 0 spiro atoms. The Kier molecular flexibility index (Phi) is 13.9. The van der Waals surface area contributed by atoms with Gasteiger partial charge in [0.05, 0.1) is 18.8 Å². The minimum absolute atomic E-state index is 0.174. The molecule has 5 heterocycles. The standard InChI is InChI=1S/C46H49N13O6/c1-57-40(54-55-43(57)38-19-20-47-29-50-38)26-48-32-11-6-10-31(24-32)44(62)49-25-30-9-5-13-34(23-30)65-22-4-2-3-21-58-27-33(53-56-58)12-7-16-41(60)51-37-15-8-14-35-36(37)28-59(46(35)64)39-17-18-42(61)52-45(39)63/h5-6,8-11,13-15,19-20,23-24,27,29,39,48H,2-4,7,12,16-18,21-22,25-26,28H2,1H3,(H,49,62)(H,51,60)(H,52,61,63). The van der Waals surface area contributed by atoms with Crippen LogP contribution in [0.3, 0.4) is 0 Å². The molecule has 0 bridgehead atoms. The van der Waals surface area contributed by atoms with Crippen LogP contribution in [0.5, 0.6) is 5.75 Å². The van der Waals surface area contributed by atoms with Crippen molar-refractivity contribution in [1.82, 2.24) is 55.3 Å². The van der Waals surface area contributed by atoms with E-state index in [1.807, 2.05) is 58.9 Å². The number of amides is 5. The molecule has 1 saturated heterocycles. The molecule has 2 aliphatic heterocycles. The average Bonchev–Trinajstić information content (AvgIpc) is 4.03. The van der Waals surface area contributed by atoms with Gasteiger partial charge < -0.3 is 30.2 Å². The second-order valence-corrected chi connectivity index (χ2v) is 15.9. The van der Waals surface area contributed by atoms with Crippen molar-refractivity contribution < 1.29 is 28.7 Å². The minimum Gasteiger partial charge on any atom is -0.494 e. The monoisotopic (exact) mass is 879 g/mol. The van der Waals surface area contributed by atoms with Gasteiger partial charge in [-0.3, -0.25) is 34.0 Å². The summed E-state index contributed by atoms with van der Waals surface area (Å²) in [5, 5.41) is 28.6. The third kappa shape index (κ3) is 11.0. The Morgan fingerprint density at radius 1 is 0.923 bits per heavy atom. The van der Waals surface area contributed by atoms with Gasteiger partial charge in [0.2, 0.25) is 17.7 Å². The Morgan fingerprint density at radius 3 is 2.66 bits per heavy atom. The predicted molar refractivity (Wildman–Crippen MR) is 237 cm³/mol. The van der Waals surface area contributed by atoms with Crippen molar-refractivity contribution in [2.45, 2.75) is 83.6 Å². The number of ether oxygens (including phenoxy) is 1. The van der Waals surface area contributed by atoms with E-state index in [1.165, 1.54) is 11.2 Å². The highest BCUT2D eigenvalue weighted by Gasteiger charge is 2.40. The molecule has 19 nitrogen and oxygen atoms in total. The minimum atomic E-state index is -0.722. The van der Waals surface area contributed by atoms with Crippen molar-refractivity contribution in [3.05, 3.63) is 125 Å². The number of benzene rings is 3. The number of nitrogens with zero attached hydrogens (tertiary/aromatic N) is 9. The van der Waals surface area contributed by atoms with Gasteiger partial charge in [0.25, 0.3) is 11.8 Å². The van der Waals surface area contributed by atoms with Gasteiger partial charge in [-0.15, -0.1) is 15.3 Å². The van der Waals surface area contributed by atoms with Crippen molar-refractivity contribution in [3.63, 3.8) is 0 Å². The van der Waals surface area contributed by atoms with Gasteiger partial charge in [-0.05, 0) is 92.6 Å². The molecule has 1 unspecified atom stereocenters. The molecule has 1 atom stereocenters. The van der Waals surface area contributed by atoms with Crippen LogP contribution >= 0.6 is 0 Å². The molecule has 3 aromatic carbocycles. The second kappa shape index (κ2) is 20.6. The zero-order valence-electron chi connectivity index (χ0n) is 35.9. The maximum atomic E-state index is 13.1.